The Morgan fingerprint density at radius 2 is 2.11 bits per heavy atom. The van der Waals surface area contributed by atoms with E-state index in [1.807, 2.05) is 13.0 Å². The van der Waals surface area contributed by atoms with Crippen LogP contribution in [0.1, 0.15) is 36.8 Å². The van der Waals surface area contributed by atoms with Crippen molar-refractivity contribution in [3.8, 4) is 17.0 Å². The number of rotatable bonds is 4. The highest BCUT2D eigenvalue weighted by atomic mass is 16.5. The van der Waals surface area contributed by atoms with Gasteiger partial charge in [0.1, 0.15) is 11.6 Å². The first-order valence-electron chi connectivity index (χ1n) is 6.50. The number of nitrogens with zero attached hydrogens (tertiary/aromatic N) is 1. The van der Waals surface area contributed by atoms with Gasteiger partial charge in [-0.05, 0) is 30.5 Å². The fourth-order valence-electron chi connectivity index (χ4n) is 2.18. The van der Waals surface area contributed by atoms with Crippen molar-refractivity contribution < 1.29 is 4.74 Å². The molecule has 4 heteroatoms. The zero-order chi connectivity index (χ0) is 14.0. The van der Waals surface area contributed by atoms with E-state index in [9.17, 15) is 0 Å². The molecule has 0 unspecified atom stereocenters. The van der Waals surface area contributed by atoms with Gasteiger partial charge in [-0.25, -0.2) is 4.98 Å². The monoisotopic (exact) mass is 259 g/mol. The van der Waals surface area contributed by atoms with Crippen LogP contribution in [0.3, 0.4) is 0 Å². The molecule has 0 saturated heterocycles. The zero-order valence-electron chi connectivity index (χ0n) is 11.9. The van der Waals surface area contributed by atoms with E-state index in [0.717, 1.165) is 28.5 Å². The van der Waals surface area contributed by atoms with Crippen LogP contribution in [-0.4, -0.2) is 17.1 Å². The van der Waals surface area contributed by atoms with Gasteiger partial charge < -0.3 is 15.5 Å². The Kier molecular flexibility index (Phi) is 3.90. The Morgan fingerprint density at radius 1 is 1.37 bits per heavy atom. The van der Waals surface area contributed by atoms with Gasteiger partial charge in [-0.1, -0.05) is 19.9 Å². The van der Waals surface area contributed by atoms with Gasteiger partial charge >= 0.3 is 0 Å². The van der Waals surface area contributed by atoms with E-state index in [-0.39, 0.29) is 0 Å². The minimum Gasteiger partial charge on any atom is -0.496 e. The molecule has 0 radical (unpaired) electrons. The number of ether oxygens (including phenoxy) is 1. The number of hydrogen-bond donors (Lipinski definition) is 2. The van der Waals surface area contributed by atoms with Gasteiger partial charge in [0.2, 0.25) is 0 Å². The number of nitrogens with one attached hydrogen (secondary N) is 1. The van der Waals surface area contributed by atoms with Crippen molar-refractivity contribution >= 4 is 0 Å². The average molecular weight is 259 g/mol. The van der Waals surface area contributed by atoms with Crippen LogP contribution in [0, 0.1) is 6.92 Å². The lowest BCUT2D eigenvalue weighted by atomic mass is 9.98. The first-order chi connectivity index (χ1) is 9.06. The van der Waals surface area contributed by atoms with Crippen LogP contribution in [-0.2, 0) is 6.54 Å². The Hall–Kier alpha value is -1.81. The largest absolute Gasteiger partial charge is 0.496 e. The SMILES string of the molecule is COc1ccc(C(C)C)cc1-c1nc(C)[nH]c1CN. The van der Waals surface area contributed by atoms with Crippen molar-refractivity contribution in [1.82, 2.24) is 9.97 Å². The van der Waals surface area contributed by atoms with Crippen LogP contribution < -0.4 is 10.5 Å². The molecule has 3 N–H and O–H groups in total. The molecule has 0 atom stereocenters. The second-order valence-electron chi connectivity index (χ2n) is 4.97. The Labute approximate surface area is 114 Å². The lowest BCUT2D eigenvalue weighted by molar-refractivity contribution is 0.416. The molecule has 1 heterocycles. The van der Waals surface area contributed by atoms with E-state index in [4.69, 9.17) is 10.5 Å². The molecule has 0 aliphatic rings. The summed E-state index contributed by atoms with van der Waals surface area (Å²) in [5, 5.41) is 0. The summed E-state index contributed by atoms with van der Waals surface area (Å²) in [7, 11) is 1.68. The van der Waals surface area contributed by atoms with Crippen molar-refractivity contribution in [2.75, 3.05) is 7.11 Å². The fourth-order valence-corrected chi connectivity index (χ4v) is 2.18. The normalized spacial score (nSPS) is 11.1. The molecule has 0 spiro atoms. The summed E-state index contributed by atoms with van der Waals surface area (Å²) < 4.78 is 5.45. The van der Waals surface area contributed by atoms with Gasteiger partial charge in [0.15, 0.2) is 0 Å². The number of aromatic amines is 1. The summed E-state index contributed by atoms with van der Waals surface area (Å²) in [6.07, 6.45) is 0. The van der Waals surface area contributed by atoms with Crippen molar-refractivity contribution in [2.24, 2.45) is 5.73 Å². The molecule has 0 aliphatic heterocycles. The predicted molar refractivity (Wildman–Crippen MR) is 77.3 cm³/mol. The number of aryl methyl sites for hydroxylation is 1. The summed E-state index contributed by atoms with van der Waals surface area (Å²) in [5.74, 6) is 2.16. The molecule has 0 aliphatic carbocycles. The van der Waals surface area contributed by atoms with Gasteiger partial charge in [0, 0.05) is 12.1 Å². The maximum atomic E-state index is 5.78. The van der Waals surface area contributed by atoms with Crippen molar-refractivity contribution in [1.29, 1.82) is 0 Å². The molecule has 19 heavy (non-hydrogen) atoms. The van der Waals surface area contributed by atoms with Gasteiger partial charge in [-0.15, -0.1) is 0 Å². The Morgan fingerprint density at radius 3 is 2.68 bits per heavy atom. The molecular formula is C15H21N3O. The van der Waals surface area contributed by atoms with E-state index in [0.29, 0.717) is 12.5 Å². The highest BCUT2D eigenvalue weighted by Gasteiger charge is 2.15. The number of H-pyrrole nitrogens is 1. The van der Waals surface area contributed by atoms with E-state index in [1.165, 1.54) is 5.56 Å². The van der Waals surface area contributed by atoms with Crippen LogP contribution >= 0.6 is 0 Å². The molecular weight excluding hydrogens is 238 g/mol. The minimum atomic E-state index is 0.436. The summed E-state index contributed by atoms with van der Waals surface area (Å²) in [6, 6.07) is 6.22. The fraction of sp³-hybridized carbons (Fsp3) is 0.400. The highest BCUT2D eigenvalue weighted by molar-refractivity contribution is 5.70. The van der Waals surface area contributed by atoms with Crippen LogP contribution in [0.5, 0.6) is 5.75 Å². The van der Waals surface area contributed by atoms with E-state index in [2.05, 4.69) is 35.9 Å². The Balaban J connectivity index is 2.61. The van der Waals surface area contributed by atoms with Gasteiger partial charge in [-0.2, -0.15) is 0 Å². The second kappa shape index (κ2) is 5.45. The van der Waals surface area contributed by atoms with Crippen LogP contribution in [0.25, 0.3) is 11.3 Å². The second-order valence-corrected chi connectivity index (χ2v) is 4.97. The van der Waals surface area contributed by atoms with Gasteiger partial charge in [0.05, 0.1) is 18.5 Å². The smallest absolute Gasteiger partial charge is 0.128 e. The lowest BCUT2D eigenvalue weighted by Gasteiger charge is -2.12. The summed E-state index contributed by atoms with van der Waals surface area (Å²) in [4.78, 5) is 7.75. The van der Waals surface area contributed by atoms with E-state index < -0.39 is 0 Å². The molecule has 2 rings (SSSR count). The zero-order valence-corrected chi connectivity index (χ0v) is 11.9. The van der Waals surface area contributed by atoms with Crippen molar-refractivity contribution in [3.05, 3.63) is 35.3 Å². The summed E-state index contributed by atoms with van der Waals surface area (Å²) in [6.45, 7) is 6.71. The summed E-state index contributed by atoms with van der Waals surface area (Å²) in [5.41, 5.74) is 9.87. The maximum absolute atomic E-state index is 5.78. The van der Waals surface area contributed by atoms with Crippen molar-refractivity contribution in [3.63, 3.8) is 0 Å². The maximum Gasteiger partial charge on any atom is 0.128 e. The third kappa shape index (κ3) is 2.63. The average Bonchev–Trinajstić information content (AvgIpc) is 2.78. The molecule has 102 valence electrons. The first kappa shape index (κ1) is 13.6. The van der Waals surface area contributed by atoms with E-state index >= 15 is 0 Å². The first-order valence-corrected chi connectivity index (χ1v) is 6.50. The number of aromatic nitrogens is 2. The molecule has 1 aromatic heterocycles. The molecule has 0 saturated carbocycles. The number of hydrogen-bond acceptors (Lipinski definition) is 3. The Bertz CT molecular complexity index is 573. The lowest BCUT2D eigenvalue weighted by Crippen LogP contribution is -2.00. The molecule has 0 amide bonds. The molecule has 2 aromatic rings. The number of benzene rings is 1. The predicted octanol–water partition coefficient (Wildman–Crippen LogP) is 2.98. The quantitative estimate of drug-likeness (QED) is 0.887. The van der Waals surface area contributed by atoms with Crippen LogP contribution in [0.15, 0.2) is 18.2 Å². The van der Waals surface area contributed by atoms with Crippen molar-refractivity contribution in [2.45, 2.75) is 33.2 Å². The standard InChI is InChI=1S/C15H21N3O/c1-9(2)11-5-6-14(19-4)12(7-11)15-13(8-16)17-10(3)18-15/h5-7,9H,8,16H2,1-4H3,(H,17,18). The topological polar surface area (TPSA) is 63.9 Å². The van der Waals surface area contributed by atoms with Crippen LogP contribution in [0.2, 0.25) is 0 Å². The number of imidazole rings is 1. The van der Waals surface area contributed by atoms with Crippen LogP contribution in [0.4, 0.5) is 0 Å². The number of nitrogens with two attached hydrogens (primary N) is 1. The third-order valence-corrected chi connectivity index (χ3v) is 3.25. The summed E-state index contributed by atoms with van der Waals surface area (Å²) >= 11 is 0. The molecule has 1 aromatic carbocycles. The highest BCUT2D eigenvalue weighted by Crippen LogP contribution is 2.33. The minimum absolute atomic E-state index is 0.436. The number of methoxy groups -OCH3 is 1. The van der Waals surface area contributed by atoms with E-state index in [1.54, 1.807) is 7.11 Å². The molecule has 0 fully saturated rings. The molecule has 0 bridgehead atoms. The van der Waals surface area contributed by atoms with Gasteiger partial charge in [0.25, 0.3) is 0 Å². The van der Waals surface area contributed by atoms with Gasteiger partial charge in [-0.3, -0.25) is 0 Å². The molecule has 4 nitrogen and oxygen atoms in total. The third-order valence-electron chi connectivity index (χ3n) is 3.25.